The number of hydrogen-bond donors (Lipinski definition) is 1. The van der Waals surface area contributed by atoms with Crippen molar-refractivity contribution >= 4 is 18.3 Å². The minimum absolute atomic E-state index is 0. The Hall–Kier alpha value is -1.17. The van der Waals surface area contributed by atoms with Crippen molar-refractivity contribution in [2.45, 2.75) is 19.4 Å². The number of piperidine rings is 1. The van der Waals surface area contributed by atoms with Gasteiger partial charge in [-0.1, -0.05) is 0 Å². The van der Waals surface area contributed by atoms with Gasteiger partial charge in [0.2, 0.25) is 5.91 Å². The van der Waals surface area contributed by atoms with Crippen LogP contribution in [0.25, 0.3) is 0 Å². The summed E-state index contributed by atoms with van der Waals surface area (Å²) < 4.78 is 0. The molecule has 1 aromatic rings. The first-order valence-electron chi connectivity index (χ1n) is 7.94. The molecule has 0 saturated carbocycles. The number of nitrogens with one attached hydrogen (secondary N) is 1. The van der Waals surface area contributed by atoms with E-state index in [0.717, 1.165) is 58.7 Å². The zero-order valence-electron chi connectivity index (χ0n) is 12.9. The minimum atomic E-state index is 0. The SMILES string of the molecule is Cl.O=C(C1CCCNC1)N1CCN(Cc2ccncc2)CC1. The molecule has 1 unspecified atom stereocenters. The number of carbonyl (C=O) groups excluding carboxylic acids is 1. The summed E-state index contributed by atoms with van der Waals surface area (Å²) in [7, 11) is 0. The summed E-state index contributed by atoms with van der Waals surface area (Å²) in [5.41, 5.74) is 1.29. The lowest BCUT2D eigenvalue weighted by Gasteiger charge is -2.37. The number of halogens is 1. The molecule has 5 nitrogen and oxygen atoms in total. The molecule has 22 heavy (non-hydrogen) atoms. The third-order valence-corrected chi connectivity index (χ3v) is 4.49. The van der Waals surface area contributed by atoms with Gasteiger partial charge in [-0.3, -0.25) is 14.7 Å². The summed E-state index contributed by atoms with van der Waals surface area (Å²) in [6.07, 6.45) is 5.85. The highest BCUT2D eigenvalue weighted by Gasteiger charge is 2.28. The van der Waals surface area contributed by atoms with E-state index in [1.54, 1.807) is 0 Å². The van der Waals surface area contributed by atoms with E-state index >= 15 is 0 Å². The summed E-state index contributed by atoms with van der Waals surface area (Å²) in [5, 5.41) is 3.33. The van der Waals surface area contributed by atoms with Gasteiger partial charge in [-0.15, -0.1) is 12.4 Å². The molecule has 3 heterocycles. The van der Waals surface area contributed by atoms with Gasteiger partial charge in [0.1, 0.15) is 0 Å². The van der Waals surface area contributed by atoms with Gasteiger partial charge in [-0.25, -0.2) is 0 Å². The Bertz CT molecular complexity index is 456. The maximum absolute atomic E-state index is 12.5. The van der Waals surface area contributed by atoms with Crippen LogP contribution in [0.4, 0.5) is 0 Å². The first-order chi connectivity index (χ1) is 10.3. The Morgan fingerprint density at radius 2 is 1.95 bits per heavy atom. The average Bonchev–Trinajstić information content (AvgIpc) is 2.57. The van der Waals surface area contributed by atoms with Gasteiger partial charge in [-0.2, -0.15) is 0 Å². The quantitative estimate of drug-likeness (QED) is 0.906. The maximum atomic E-state index is 12.5. The normalized spacial score (nSPS) is 22.9. The Balaban J connectivity index is 0.00000176. The first-order valence-corrected chi connectivity index (χ1v) is 7.94. The average molecular weight is 325 g/mol. The van der Waals surface area contributed by atoms with Gasteiger partial charge in [-0.05, 0) is 37.1 Å². The predicted molar refractivity (Wildman–Crippen MR) is 88.9 cm³/mol. The summed E-state index contributed by atoms with van der Waals surface area (Å²) in [6, 6.07) is 4.12. The van der Waals surface area contributed by atoms with Gasteiger partial charge in [0, 0.05) is 51.7 Å². The van der Waals surface area contributed by atoms with Crippen LogP contribution in [0, 0.1) is 5.92 Å². The maximum Gasteiger partial charge on any atom is 0.227 e. The second-order valence-corrected chi connectivity index (χ2v) is 6.00. The highest BCUT2D eigenvalue weighted by molar-refractivity contribution is 5.85. The molecule has 0 aliphatic carbocycles. The molecule has 2 aliphatic rings. The van der Waals surface area contributed by atoms with Gasteiger partial charge in [0.05, 0.1) is 5.92 Å². The summed E-state index contributed by atoms with van der Waals surface area (Å²) in [6.45, 7) is 6.53. The predicted octanol–water partition coefficient (Wildman–Crippen LogP) is 1.15. The molecule has 1 N–H and O–H groups in total. The molecule has 0 radical (unpaired) electrons. The Kier molecular flexibility index (Phi) is 6.61. The molecule has 122 valence electrons. The molecule has 2 aliphatic heterocycles. The molecule has 2 fully saturated rings. The van der Waals surface area contributed by atoms with Crippen LogP contribution in [-0.4, -0.2) is 60.0 Å². The van der Waals surface area contributed by atoms with Crippen LogP contribution in [0.3, 0.4) is 0 Å². The monoisotopic (exact) mass is 324 g/mol. The van der Waals surface area contributed by atoms with E-state index in [4.69, 9.17) is 0 Å². The standard InChI is InChI=1S/C16H24N4O.ClH/c21-16(15-2-1-5-18-12-15)20-10-8-19(9-11-20)13-14-3-6-17-7-4-14;/h3-4,6-7,15,18H,1-2,5,8-13H2;1H. The van der Waals surface area contributed by atoms with Crippen molar-refractivity contribution in [1.82, 2.24) is 20.1 Å². The lowest BCUT2D eigenvalue weighted by Crippen LogP contribution is -2.51. The highest BCUT2D eigenvalue weighted by Crippen LogP contribution is 2.15. The van der Waals surface area contributed by atoms with Crippen molar-refractivity contribution in [2.75, 3.05) is 39.3 Å². The number of pyridine rings is 1. The van der Waals surface area contributed by atoms with E-state index in [1.807, 2.05) is 12.4 Å². The number of rotatable bonds is 3. The Morgan fingerprint density at radius 1 is 1.23 bits per heavy atom. The molecular weight excluding hydrogens is 300 g/mol. The fourth-order valence-electron chi connectivity index (χ4n) is 3.19. The lowest BCUT2D eigenvalue weighted by atomic mass is 9.98. The number of hydrogen-bond acceptors (Lipinski definition) is 4. The fourth-order valence-corrected chi connectivity index (χ4v) is 3.19. The van der Waals surface area contributed by atoms with Crippen LogP contribution >= 0.6 is 12.4 Å². The third kappa shape index (κ3) is 4.41. The van der Waals surface area contributed by atoms with Gasteiger partial charge in [0.25, 0.3) is 0 Å². The Labute approximate surface area is 138 Å². The van der Waals surface area contributed by atoms with E-state index in [9.17, 15) is 4.79 Å². The summed E-state index contributed by atoms with van der Waals surface area (Å²) in [5.74, 6) is 0.552. The molecular formula is C16H25ClN4O. The van der Waals surface area contributed by atoms with Crippen LogP contribution in [0.1, 0.15) is 18.4 Å². The fraction of sp³-hybridized carbons (Fsp3) is 0.625. The number of piperazine rings is 1. The van der Waals surface area contributed by atoms with E-state index in [1.165, 1.54) is 5.56 Å². The zero-order chi connectivity index (χ0) is 14.5. The van der Waals surface area contributed by atoms with Crippen molar-refractivity contribution in [1.29, 1.82) is 0 Å². The number of nitrogens with zero attached hydrogens (tertiary/aromatic N) is 3. The van der Waals surface area contributed by atoms with Crippen molar-refractivity contribution < 1.29 is 4.79 Å². The minimum Gasteiger partial charge on any atom is -0.340 e. The Morgan fingerprint density at radius 3 is 2.59 bits per heavy atom. The topological polar surface area (TPSA) is 48.5 Å². The lowest BCUT2D eigenvalue weighted by molar-refractivity contribution is -0.137. The van der Waals surface area contributed by atoms with Gasteiger partial charge in [0.15, 0.2) is 0 Å². The number of aromatic nitrogens is 1. The molecule has 1 atom stereocenters. The van der Waals surface area contributed by atoms with E-state index in [0.29, 0.717) is 5.91 Å². The van der Waals surface area contributed by atoms with E-state index in [2.05, 4.69) is 32.2 Å². The highest BCUT2D eigenvalue weighted by atomic mass is 35.5. The van der Waals surface area contributed by atoms with Crippen molar-refractivity contribution in [2.24, 2.45) is 5.92 Å². The molecule has 0 bridgehead atoms. The second-order valence-electron chi connectivity index (χ2n) is 6.00. The largest absolute Gasteiger partial charge is 0.340 e. The van der Waals surface area contributed by atoms with Crippen molar-refractivity contribution in [3.63, 3.8) is 0 Å². The zero-order valence-corrected chi connectivity index (χ0v) is 13.7. The number of carbonyl (C=O) groups is 1. The van der Waals surface area contributed by atoms with Crippen molar-refractivity contribution in [3.05, 3.63) is 30.1 Å². The molecule has 1 aromatic heterocycles. The summed E-state index contributed by atoms with van der Waals surface area (Å²) >= 11 is 0. The van der Waals surface area contributed by atoms with Gasteiger partial charge < -0.3 is 10.2 Å². The van der Waals surface area contributed by atoms with Gasteiger partial charge >= 0.3 is 0 Å². The smallest absolute Gasteiger partial charge is 0.227 e. The van der Waals surface area contributed by atoms with Crippen LogP contribution in [0.5, 0.6) is 0 Å². The third-order valence-electron chi connectivity index (χ3n) is 4.49. The van der Waals surface area contributed by atoms with Crippen LogP contribution in [0.15, 0.2) is 24.5 Å². The molecule has 1 amide bonds. The van der Waals surface area contributed by atoms with Crippen molar-refractivity contribution in [3.8, 4) is 0 Å². The second kappa shape index (κ2) is 8.46. The molecule has 2 saturated heterocycles. The molecule has 6 heteroatoms. The van der Waals surface area contributed by atoms with Crippen LogP contribution < -0.4 is 5.32 Å². The summed E-state index contributed by atoms with van der Waals surface area (Å²) in [4.78, 5) is 21.0. The number of amides is 1. The van der Waals surface area contributed by atoms with E-state index in [-0.39, 0.29) is 18.3 Å². The van der Waals surface area contributed by atoms with Crippen LogP contribution in [-0.2, 0) is 11.3 Å². The first kappa shape index (κ1) is 17.2. The van der Waals surface area contributed by atoms with Crippen LogP contribution in [0.2, 0.25) is 0 Å². The molecule has 0 spiro atoms. The molecule has 0 aromatic carbocycles. The molecule has 3 rings (SSSR count). The van der Waals surface area contributed by atoms with E-state index < -0.39 is 0 Å².